The van der Waals surface area contributed by atoms with E-state index in [2.05, 4.69) is 41.3 Å². The first-order chi connectivity index (χ1) is 12.1. The molecular formula is C17H23N4O2S2+. The van der Waals surface area contributed by atoms with Crippen LogP contribution in [0.15, 0.2) is 24.3 Å². The zero-order valence-electron chi connectivity index (χ0n) is 14.4. The molecule has 1 aliphatic rings. The Morgan fingerprint density at radius 1 is 1.48 bits per heavy atom. The van der Waals surface area contributed by atoms with Gasteiger partial charge in [-0.15, -0.1) is 11.8 Å². The van der Waals surface area contributed by atoms with Crippen LogP contribution >= 0.6 is 24.0 Å². The van der Waals surface area contributed by atoms with Crippen LogP contribution in [0.3, 0.4) is 0 Å². The lowest BCUT2D eigenvalue weighted by molar-refractivity contribution is -0.921. The summed E-state index contributed by atoms with van der Waals surface area (Å²) in [6.07, 6.45) is 1.02. The van der Waals surface area contributed by atoms with E-state index in [1.54, 1.807) is 11.8 Å². The van der Waals surface area contributed by atoms with Crippen LogP contribution in [0.5, 0.6) is 0 Å². The van der Waals surface area contributed by atoms with Gasteiger partial charge in [0, 0.05) is 11.3 Å². The van der Waals surface area contributed by atoms with E-state index in [0.717, 1.165) is 36.7 Å². The summed E-state index contributed by atoms with van der Waals surface area (Å²) in [5, 5.41) is 3.19. The number of methoxy groups -OCH3 is 1. The number of esters is 1. The number of nitrogens with zero attached hydrogens (tertiary/aromatic N) is 2. The Balaban J connectivity index is 1.72. The van der Waals surface area contributed by atoms with E-state index >= 15 is 0 Å². The maximum absolute atomic E-state index is 11.8. The van der Waals surface area contributed by atoms with Crippen molar-refractivity contribution in [1.82, 2.24) is 14.8 Å². The predicted octanol–water partition coefficient (Wildman–Crippen LogP) is 1.30. The van der Waals surface area contributed by atoms with E-state index in [-0.39, 0.29) is 11.2 Å². The molecule has 2 heterocycles. The number of aromatic amines is 1. The van der Waals surface area contributed by atoms with Gasteiger partial charge >= 0.3 is 5.97 Å². The number of carbonyl (C=O) groups excluding carboxylic acids is 1. The third kappa shape index (κ3) is 4.31. The Labute approximate surface area is 156 Å². The number of benzene rings is 1. The molecule has 1 aromatic carbocycles. The van der Waals surface area contributed by atoms with E-state index in [4.69, 9.17) is 17.0 Å². The summed E-state index contributed by atoms with van der Waals surface area (Å²) in [6.45, 7) is 4.53. The molecule has 1 saturated heterocycles. The van der Waals surface area contributed by atoms with E-state index in [9.17, 15) is 4.79 Å². The monoisotopic (exact) mass is 379 g/mol. The molecule has 0 aliphatic carbocycles. The lowest BCUT2D eigenvalue weighted by Crippen LogP contribution is -3.14. The van der Waals surface area contributed by atoms with Crippen LogP contribution < -0.4 is 4.90 Å². The summed E-state index contributed by atoms with van der Waals surface area (Å²) < 4.78 is 7.30. The number of hydrogen-bond donors (Lipinski definition) is 2. The fraction of sp³-hybridized carbons (Fsp3) is 0.471. The molecular weight excluding hydrogens is 356 g/mol. The third-order valence-corrected chi connectivity index (χ3v) is 5.92. The summed E-state index contributed by atoms with van der Waals surface area (Å²) in [7, 11) is 1.44. The van der Waals surface area contributed by atoms with Crippen molar-refractivity contribution in [1.29, 1.82) is 0 Å². The van der Waals surface area contributed by atoms with Gasteiger partial charge in [-0.2, -0.15) is 4.98 Å². The van der Waals surface area contributed by atoms with Gasteiger partial charge in [0.1, 0.15) is 6.54 Å². The summed E-state index contributed by atoms with van der Waals surface area (Å²) in [6, 6.07) is 8.35. The Morgan fingerprint density at radius 2 is 2.24 bits per heavy atom. The van der Waals surface area contributed by atoms with Crippen molar-refractivity contribution in [2.45, 2.75) is 25.3 Å². The third-order valence-electron chi connectivity index (χ3n) is 4.41. The second-order valence-electron chi connectivity index (χ2n) is 6.08. The van der Waals surface area contributed by atoms with Gasteiger partial charge in [-0.3, -0.25) is 9.89 Å². The van der Waals surface area contributed by atoms with E-state index in [1.165, 1.54) is 17.6 Å². The maximum Gasteiger partial charge on any atom is 0.324 e. The van der Waals surface area contributed by atoms with Crippen molar-refractivity contribution in [3.05, 3.63) is 34.6 Å². The average molecular weight is 380 g/mol. The Kier molecular flexibility index (Phi) is 5.93. The molecule has 0 radical (unpaired) electrons. The number of H-pyrrole nitrogens is 1. The van der Waals surface area contributed by atoms with Crippen LogP contribution in [-0.4, -0.2) is 51.9 Å². The normalized spacial score (nSPS) is 20.4. The lowest BCUT2D eigenvalue weighted by atomic mass is 10.1. The lowest BCUT2D eigenvalue weighted by Gasteiger charge is -2.27. The van der Waals surface area contributed by atoms with Crippen molar-refractivity contribution in [2.24, 2.45) is 0 Å². The molecule has 25 heavy (non-hydrogen) atoms. The number of hydrogen-bond acceptors (Lipinski definition) is 5. The highest BCUT2D eigenvalue weighted by Gasteiger charge is 2.30. The number of rotatable bonds is 5. The zero-order valence-corrected chi connectivity index (χ0v) is 16.1. The molecule has 0 spiro atoms. The quantitative estimate of drug-likeness (QED) is 0.606. The molecule has 1 unspecified atom stereocenters. The smallest absolute Gasteiger partial charge is 0.324 e. The molecule has 8 heteroatoms. The van der Waals surface area contributed by atoms with Gasteiger partial charge in [0.25, 0.3) is 0 Å². The molecule has 1 aromatic heterocycles. The minimum absolute atomic E-state index is 0.105. The zero-order chi connectivity index (χ0) is 17.8. The van der Waals surface area contributed by atoms with E-state index in [1.807, 2.05) is 4.68 Å². The minimum atomic E-state index is -0.146. The largest absolute Gasteiger partial charge is 0.468 e. The van der Waals surface area contributed by atoms with Gasteiger partial charge in [-0.1, -0.05) is 31.2 Å². The first kappa shape index (κ1) is 18.2. The molecule has 3 rings (SSSR count). The number of aromatic nitrogens is 3. The van der Waals surface area contributed by atoms with Crippen LogP contribution in [0.1, 0.15) is 12.5 Å². The predicted molar refractivity (Wildman–Crippen MR) is 101 cm³/mol. The van der Waals surface area contributed by atoms with Crippen molar-refractivity contribution in [3.8, 4) is 11.4 Å². The van der Waals surface area contributed by atoms with Gasteiger partial charge in [0.05, 0.1) is 13.7 Å². The molecule has 1 aliphatic heterocycles. The number of quaternary nitrogens is 1. The summed E-state index contributed by atoms with van der Waals surface area (Å²) >= 11 is 7.07. The highest BCUT2D eigenvalue weighted by atomic mass is 32.2. The van der Waals surface area contributed by atoms with Crippen LogP contribution in [0, 0.1) is 4.77 Å². The molecule has 134 valence electrons. The van der Waals surface area contributed by atoms with Crippen LogP contribution in [-0.2, 0) is 22.6 Å². The Bertz CT molecular complexity index is 785. The van der Waals surface area contributed by atoms with Gasteiger partial charge in [0.15, 0.2) is 17.7 Å². The number of thioether (sulfide) groups is 1. The second kappa shape index (κ2) is 8.16. The number of ether oxygens (including phenoxy) is 1. The summed E-state index contributed by atoms with van der Waals surface area (Å²) in [4.78, 5) is 17.5. The molecule has 6 nitrogen and oxygen atoms in total. The van der Waals surface area contributed by atoms with E-state index < -0.39 is 0 Å². The van der Waals surface area contributed by atoms with Gasteiger partial charge in [0.2, 0.25) is 4.77 Å². The highest BCUT2D eigenvalue weighted by molar-refractivity contribution is 8.00. The fourth-order valence-corrected chi connectivity index (χ4v) is 4.39. The molecule has 0 amide bonds. The molecule has 2 aromatic rings. The molecule has 1 fully saturated rings. The fourth-order valence-electron chi connectivity index (χ4n) is 2.91. The first-order valence-corrected chi connectivity index (χ1v) is 9.85. The van der Waals surface area contributed by atoms with Gasteiger partial charge in [-0.25, -0.2) is 4.68 Å². The summed E-state index contributed by atoms with van der Waals surface area (Å²) in [5.41, 5.74) is 2.32. The van der Waals surface area contributed by atoms with E-state index in [0.29, 0.717) is 11.4 Å². The molecule has 0 saturated carbocycles. The Hall–Kier alpha value is -1.64. The van der Waals surface area contributed by atoms with Crippen molar-refractivity contribution in [2.75, 3.05) is 26.0 Å². The van der Waals surface area contributed by atoms with Crippen molar-refractivity contribution >= 4 is 29.9 Å². The van der Waals surface area contributed by atoms with Crippen LogP contribution in [0.2, 0.25) is 0 Å². The van der Waals surface area contributed by atoms with Crippen molar-refractivity contribution < 1.29 is 14.4 Å². The van der Waals surface area contributed by atoms with Crippen molar-refractivity contribution in [3.63, 3.8) is 0 Å². The maximum atomic E-state index is 11.8. The topological polar surface area (TPSA) is 64.3 Å². The minimum Gasteiger partial charge on any atom is -0.468 e. The molecule has 2 N–H and O–H groups in total. The van der Waals surface area contributed by atoms with Crippen LogP contribution in [0.4, 0.5) is 0 Å². The van der Waals surface area contributed by atoms with Gasteiger partial charge in [-0.05, 0) is 24.2 Å². The number of carbonyl (C=O) groups is 1. The highest BCUT2D eigenvalue weighted by Crippen LogP contribution is 2.16. The average Bonchev–Trinajstić information content (AvgIpc) is 3.02. The van der Waals surface area contributed by atoms with Gasteiger partial charge < -0.3 is 9.64 Å². The summed E-state index contributed by atoms with van der Waals surface area (Å²) in [5.74, 6) is 1.57. The SMILES string of the molecule is CCc1ccc(-c2nc(=S)n(C[NH+]3CCS[C@@H](C(=O)OC)C3)[nH]2)cc1. The molecule has 2 atom stereocenters. The second-order valence-corrected chi connectivity index (χ2v) is 7.75. The van der Waals surface area contributed by atoms with Crippen LogP contribution in [0.25, 0.3) is 11.4 Å². The number of aryl methyl sites for hydroxylation is 1. The number of nitrogens with one attached hydrogen (secondary N) is 2. The molecule has 0 bridgehead atoms. The first-order valence-electron chi connectivity index (χ1n) is 8.40. The standard InChI is InChI=1S/C17H22N4O2S2/c1-3-12-4-6-13(7-5-12)15-18-17(24)21(19-15)11-20-8-9-25-14(10-20)16(22)23-2/h4-7,14H,3,8-11H2,1-2H3,(H,18,19,24)/p+1/t14-/m1/s1. The Morgan fingerprint density at radius 3 is 2.92 bits per heavy atom.